The highest BCUT2D eigenvalue weighted by Gasteiger charge is 2.13. The lowest BCUT2D eigenvalue weighted by molar-refractivity contribution is 0.0957. The van der Waals surface area contributed by atoms with Crippen molar-refractivity contribution in [3.63, 3.8) is 0 Å². The van der Waals surface area contributed by atoms with Gasteiger partial charge in [0.2, 0.25) is 0 Å². The summed E-state index contributed by atoms with van der Waals surface area (Å²) in [5, 5.41) is 1.89. The molecule has 5 nitrogen and oxygen atoms in total. The maximum atomic E-state index is 11.6. The number of carbonyl (C=O) groups is 1. The molecule has 0 bridgehead atoms. The Balaban J connectivity index is 2.12. The summed E-state index contributed by atoms with van der Waals surface area (Å²) in [6.45, 7) is 0.637. The number of nitrogens with zero attached hydrogens (tertiary/aromatic N) is 1. The van der Waals surface area contributed by atoms with Crippen LogP contribution < -0.4 is 20.9 Å². The molecule has 1 heterocycles. The molecule has 0 saturated heterocycles. The van der Waals surface area contributed by atoms with Crippen molar-refractivity contribution in [2.75, 3.05) is 19.1 Å². The second-order valence-electron chi connectivity index (χ2n) is 4.30. The van der Waals surface area contributed by atoms with Crippen molar-refractivity contribution in [2.24, 2.45) is 5.84 Å². The van der Waals surface area contributed by atoms with Gasteiger partial charge in [-0.15, -0.1) is 11.3 Å². The zero-order valence-electron chi connectivity index (χ0n) is 11.4. The normalized spacial score (nSPS) is 10.2. The number of amides is 1. The lowest BCUT2D eigenvalue weighted by atomic mass is 10.2. The van der Waals surface area contributed by atoms with E-state index in [4.69, 9.17) is 10.6 Å². The summed E-state index contributed by atoms with van der Waals surface area (Å²) in [5.41, 5.74) is 4.18. The van der Waals surface area contributed by atoms with Gasteiger partial charge < -0.3 is 9.64 Å². The number of nitrogens with two attached hydrogens (primary N) is 1. The molecule has 0 atom stereocenters. The Bertz CT molecular complexity index is 580. The third-order valence-electron chi connectivity index (χ3n) is 3.00. The third-order valence-corrected chi connectivity index (χ3v) is 3.96. The zero-order chi connectivity index (χ0) is 14.5. The topological polar surface area (TPSA) is 67.6 Å². The molecule has 2 aromatic rings. The quantitative estimate of drug-likeness (QED) is 0.502. The average Bonchev–Trinajstić information content (AvgIpc) is 2.94. The van der Waals surface area contributed by atoms with Crippen LogP contribution in [-0.4, -0.2) is 20.1 Å². The fraction of sp³-hybridized carbons (Fsp3) is 0.214. The fourth-order valence-electron chi connectivity index (χ4n) is 1.91. The Morgan fingerprint density at radius 1 is 1.35 bits per heavy atom. The first-order chi connectivity index (χ1) is 9.65. The Labute approximate surface area is 121 Å². The number of nitrogens with one attached hydrogen (secondary N) is 1. The lowest BCUT2D eigenvalue weighted by Crippen LogP contribution is -2.30. The molecule has 20 heavy (non-hydrogen) atoms. The molecule has 0 aliphatic carbocycles. The van der Waals surface area contributed by atoms with Crippen molar-refractivity contribution >= 4 is 22.9 Å². The molecule has 0 radical (unpaired) electrons. The summed E-state index contributed by atoms with van der Waals surface area (Å²) in [4.78, 5) is 14.3. The Morgan fingerprint density at radius 3 is 2.65 bits per heavy atom. The van der Waals surface area contributed by atoms with Crippen molar-refractivity contribution in [3.8, 4) is 5.75 Å². The largest absolute Gasteiger partial charge is 0.497 e. The van der Waals surface area contributed by atoms with Crippen molar-refractivity contribution in [3.05, 3.63) is 46.2 Å². The number of hydrogen-bond acceptors (Lipinski definition) is 5. The van der Waals surface area contributed by atoms with Gasteiger partial charge in [-0.3, -0.25) is 10.2 Å². The van der Waals surface area contributed by atoms with E-state index in [1.165, 1.54) is 11.3 Å². The number of methoxy groups -OCH3 is 1. The van der Waals surface area contributed by atoms with Crippen LogP contribution in [0.5, 0.6) is 5.75 Å². The second-order valence-corrected chi connectivity index (χ2v) is 5.22. The van der Waals surface area contributed by atoms with Gasteiger partial charge in [0.25, 0.3) is 5.91 Å². The van der Waals surface area contributed by atoms with E-state index in [9.17, 15) is 4.79 Å². The summed E-state index contributed by atoms with van der Waals surface area (Å²) in [6.07, 6.45) is 0. The van der Waals surface area contributed by atoms with Gasteiger partial charge in [-0.05, 0) is 41.3 Å². The van der Waals surface area contributed by atoms with E-state index in [1.807, 2.05) is 42.8 Å². The van der Waals surface area contributed by atoms with Gasteiger partial charge in [0.15, 0.2) is 0 Å². The van der Waals surface area contributed by atoms with Crippen LogP contribution in [0.1, 0.15) is 15.2 Å². The maximum absolute atomic E-state index is 11.6. The van der Waals surface area contributed by atoms with Crippen LogP contribution >= 0.6 is 11.3 Å². The van der Waals surface area contributed by atoms with E-state index in [0.29, 0.717) is 11.4 Å². The van der Waals surface area contributed by atoms with Crippen molar-refractivity contribution in [2.45, 2.75) is 6.54 Å². The van der Waals surface area contributed by atoms with Gasteiger partial charge in [-0.2, -0.15) is 0 Å². The van der Waals surface area contributed by atoms with Gasteiger partial charge in [-0.25, -0.2) is 5.84 Å². The summed E-state index contributed by atoms with van der Waals surface area (Å²) in [7, 11) is 3.62. The maximum Gasteiger partial charge on any atom is 0.275 e. The number of benzene rings is 1. The molecule has 0 fully saturated rings. The van der Waals surface area contributed by atoms with Crippen LogP contribution in [0.4, 0.5) is 5.69 Å². The second kappa shape index (κ2) is 6.40. The number of anilines is 1. The highest BCUT2D eigenvalue weighted by molar-refractivity contribution is 7.12. The molecule has 2 rings (SSSR count). The van der Waals surface area contributed by atoms with E-state index in [-0.39, 0.29) is 5.91 Å². The van der Waals surface area contributed by atoms with Crippen molar-refractivity contribution < 1.29 is 9.53 Å². The minimum absolute atomic E-state index is 0.252. The van der Waals surface area contributed by atoms with Crippen molar-refractivity contribution in [1.29, 1.82) is 0 Å². The highest BCUT2D eigenvalue weighted by Crippen LogP contribution is 2.23. The molecule has 1 aromatic carbocycles. The lowest BCUT2D eigenvalue weighted by Gasteiger charge is -2.19. The van der Waals surface area contributed by atoms with Crippen LogP contribution in [0.25, 0.3) is 0 Å². The predicted octanol–water partition coefficient (Wildman–Crippen LogP) is 2.00. The van der Waals surface area contributed by atoms with Crippen LogP contribution in [0.15, 0.2) is 35.7 Å². The van der Waals surface area contributed by atoms with Crippen LogP contribution in [0, 0.1) is 0 Å². The van der Waals surface area contributed by atoms with E-state index in [0.717, 1.165) is 17.0 Å². The Hall–Kier alpha value is -2.05. The molecule has 0 spiro atoms. The number of ether oxygens (including phenoxy) is 1. The molecule has 0 unspecified atom stereocenters. The number of carbonyl (C=O) groups excluding carboxylic acids is 1. The van der Waals surface area contributed by atoms with Crippen LogP contribution in [0.2, 0.25) is 0 Å². The Morgan fingerprint density at radius 2 is 2.05 bits per heavy atom. The van der Waals surface area contributed by atoms with Crippen LogP contribution in [0.3, 0.4) is 0 Å². The number of nitrogen functional groups attached to an aromatic ring is 1. The first kappa shape index (κ1) is 14.4. The van der Waals surface area contributed by atoms with Crippen molar-refractivity contribution in [1.82, 2.24) is 5.43 Å². The van der Waals surface area contributed by atoms with Gasteiger partial charge in [-0.1, -0.05) is 0 Å². The van der Waals surface area contributed by atoms with E-state index < -0.39 is 0 Å². The van der Waals surface area contributed by atoms with Crippen LogP contribution in [-0.2, 0) is 6.54 Å². The number of thiophene rings is 1. The Kier molecular flexibility index (Phi) is 4.60. The molecule has 1 amide bonds. The molecule has 0 aliphatic rings. The monoisotopic (exact) mass is 291 g/mol. The summed E-state index contributed by atoms with van der Waals surface area (Å²) >= 11 is 1.39. The average molecular weight is 291 g/mol. The molecular formula is C14H17N3O2S. The molecule has 1 aromatic heterocycles. The number of rotatable bonds is 5. The van der Waals surface area contributed by atoms with E-state index >= 15 is 0 Å². The predicted molar refractivity (Wildman–Crippen MR) is 81.1 cm³/mol. The number of hydrogen-bond donors (Lipinski definition) is 2. The summed E-state index contributed by atoms with van der Waals surface area (Å²) < 4.78 is 5.14. The van der Waals surface area contributed by atoms with E-state index in [2.05, 4.69) is 10.3 Å². The van der Waals surface area contributed by atoms with Gasteiger partial charge in [0.05, 0.1) is 12.0 Å². The summed E-state index contributed by atoms with van der Waals surface area (Å²) in [5.74, 6) is 5.75. The number of hydrazine groups is 1. The third kappa shape index (κ3) is 3.09. The highest BCUT2D eigenvalue weighted by atomic mass is 32.1. The SMILES string of the molecule is COc1ccc(N(C)Cc2ccsc2C(=O)NN)cc1. The van der Waals surface area contributed by atoms with Gasteiger partial charge in [0.1, 0.15) is 5.75 Å². The molecule has 0 saturated carbocycles. The smallest absolute Gasteiger partial charge is 0.275 e. The molecule has 0 aliphatic heterocycles. The first-order valence-electron chi connectivity index (χ1n) is 6.08. The first-order valence-corrected chi connectivity index (χ1v) is 6.96. The van der Waals surface area contributed by atoms with Gasteiger partial charge in [0, 0.05) is 19.3 Å². The standard InChI is InChI=1S/C14H17N3O2S/c1-17(11-3-5-12(19-2)6-4-11)9-10-7-8-20-13(10)14(18)16-15/h3-8H,9,15H2,1-2H3,(H,16,18). The molecule has 6 heteroatoms. The molecule has 3 N–H and O–H groups in total. The summed E-state index contributed by atoms with van der Waals surface area (Å²) in [6, 6.07) is 9.72. The minimum atomic E-state index is -0.252. The zero-order valence-corrected chi connectivity index (χ0v) is 12.2. The fourth-order valence-corrected chi connectivity index (χ4v) is 2.73. The minimum Gasteiger partial charge on any atom is -0.497 e. The molecule has 106 valence electrons. The molecular weight excluding hydrogens is 274 g/mol. The van der Waals surface area contributed by atoms with Gasteiger partial charge >= 0.3 is 0 Å². The van der Waals surface area contributed by atoms with E-state index in [1.54, 1.807) is 7.11 Å².